The molecule has 0 N–H and O–H groups in total. The number of rotatable bonds is 6. The second-order valence-corrected chi connectivity index (χ2v) is 9.40. The van der Waals surface area contributed by atoms with Gasteiger partial charge in [0.1, 0.15) is 5.01 Å². The van der Waals surface area contributed by atoms with Crippen LogP contribution in [0.15, 0.2) is 46.9 Å². The summed E-state index contributed by atoms with van der Waals surface area (Å²) in [5.41, 5.74) is 1.07. The van der Waals surface area contributed by atoms with Crippen LogP contribution < -0.4 is 0 Å². The van der Waals surface area contributed by atoms with Crippen molar-refractivity contribution in [2.45, 2.75) is 36.4 Å². The van der Waals surface area contributed by atoms with Crippen molar-refractivity contribution in [3.8, 4) is 10.7 Å². The number of fused-ring (bicyclic) bond motifs is 1. The van der Waals surface area contributed by atoms with E-state index in [0.29, 0.717) is 0 Å². The molecule has 0 radical (unpaired) electrons. The van der Waals surface area contributed by atoms with Gasteiger partial charge >= 0.3 is 0 Å². The Hall–Kier alpha value is -1.74. The Morgan fingerprint density at radius 3 is 2.96 bits per heavy atom. The molecule has 8 heteroatoms. The van der Waals surface area contributed by atoms with Crippen molar-refractivity contribution in [2.75, 3.05) is 6.61 Å². The van der Waals surface area contributed by atoms with Gasteiger partial charge in [-0.3, -0.25) is 4.57 Å². The van der Waals surface area contributed by atoms with Gasteiger partial charge in [0.25, 0.3) is 0 Å². The van der Waals surface area contributed by atoms with Crippen molar-refractivity contribution < 1.29 is 4.74 Å². The van der Waals surface area contributed by atoms with E-state index in [1.54, 1.807) is 34.4 Å². The molecule has 0 aliphatic carbocycles. The first-order chi connectivity index (χ1) is 13.4. The van der Waals surface area contributed by atoms with E-state index in [9.17, 15) is 0 Å². The Labute approximate surface area is 169 Å². The van der Waals surface area contributed by atoms with Crippen molar-refractivity contribution >= 4 is 44.7 Å². The van der Waals surface area contributed by atoms with E-state index >= 15 is 0 Å². The molecule has 0 amide bonds. The van der Waals surface area contributed by atoms with Gasteiger partial charge in [-0.2, -0.15) is 0 Å². The first-order valence-corrected chi connectivity index (χ1v) is 11.6. The zero-order valence-corrected chi connectivity index (χ0v) is 17.0. The second-order valence-electron chi connectivity index (χ2n) is 6.39. The highest BCUT2D eigenvalue weighted by atomic mass is 32.2. The van der Waals surface area contributed by atoms with Crippen LogP contribution in [0.3, 0.4) is 0 Å². The number of hydrogen-bond acceptors (Lipinski definition) is 7. The molecule has 4 heterocycles. The van der Waals surface area contributed by atoms with Crippen molar-refractivity contribution in [3.63, 3.8) is 0 Å². The molecule has 3 aromatic heterocycles. The summed E-state index contributed by atoms with van der Waals surface area (Å²) in [4.78, 5) is 5.88. The lowest BCUT2D eigenvalue weighted by atomic mass is 10.2. The highest BCUT2D eigenvalue weighted by Gasteiger charge is 2.22. The zero-order chi connectivity index (χ0) is 18.1. The van der Waals surface area contributed by atoms with Gasteiger partial charge in [-0.1, -0.05) is 30.0 Å². The lowest BCUT2D eigenvalue weighted by Gasteiger charge is -2.14. The van der Waals surface area contributed by atoms with Gasteiger partial charge in [-0.15, -0.1) is 32.9 Å². The molecule has 27 heavy (non-hydrogen) atoms. The number of benzene rings is 1. The Bertz CT molecular complexity index is 1000. The molecule has 0 saturated carbocycles. The average molecular weight is 415 g/mol. The van der Waals surface area contributed by atoms with E-state index < -0.39 is 0 Å². The Kier molecular flexibility index (Phi) is 4.96. The SMILES string of the molecule is c1csc(-c2nnc(SCc3nc4ccccc4s3)n2CC2CCCO2)c1. The Morgan fingerprint density at radius 2 is 2.15 bits per heavy atom. The predicted octanol–water partition coefficient (Wildman–Crippen LogP) is 5.09. The third-order valence-corrected chi connectivity index (χ3v) is 7.59. The third-order valence-electron chi connectivity index (χ3n) is 4.53. The molecule has 5 nitrogen and oxygen atoms in total. The van der Waals surface area contributed by atoms with Gasteiger partial charge in [-0.25, -0.2) is 4.98 Å². The number of thiazole rings is 1. The van der Waals surface area contributed by atoms with E-state index in [2.05, 4.69) is 50.5 Å². The molecule has 1 atom stereocenters. The van der Waals surface area contributed by atoms with Crippen LogP contribution in [-0.2, 0) is 17.0 Å². The van der Waals surface area contributed by atoms with Crippen LogP contribution in [0, 0.1) is 0 Å². The molecule has 1 aromatic carbocycles. The molecule has 0 spiro atoms. The van der Waals surface area contributed by atoms with Crippen molar-refractivity contribution in [2.24, 2.45) is 0 Å². The fourth-order valence-electron chi connectivity index (χ4n) is 3.25. The van der Waals surface area contributed by atoms with Crippen molar-refractivity contribution in [1.82, 2.24) is 19.7 Å². The summed E-state index contributed by atoms with van der Waals surface area (Å²) in [6.45, 7) is 1.66. The molecule has 138 valence electrons. The van der Waals surface area contributed by atoms with E-state index in [0.717, 1.165) is 58.1 Å². The first kappa shape index (κ1) is 17.4. The van der Waals surface area contributed by atoms with Crippen molar-refractivity contribution in [3.05, 3.63) is 46.8 Å². The zero-order valence-electron chi connectivity index (χ0n) is 14.6. The summed E-state index contributed by atoms with van der Waals surface area (Å²) in [6.07, 6.45) is 2.49. The lowest BCUT2D eigenvalue weighted by molar-refractivity contribution is 0.0953. The monoisotopic (exact) mass is 414 g/mol. The number of thiophene rings is 1. The molecule has 1 unspecified atom stereocenters. The van der Waals surface area contributed by atoms with Crippen LogP contribution in [0.2, 0.25) is 0 Å². The summed E-state index contributed by atoms with van der Waals surface area (Å²) in [7, 11) is 0. The van der Waals surface area contributed by atoms with E-state index in [4.69, 9.17) is 9.72 Å². The molecule has 1 saturated heterocycles. The summed E-state index contributed by atoms with van der Waals surface area (Å²) >= 11 is 5.15. The van der Waals surface area contributed by atoms with Crippen LogP contribution in [0.25, 0.3) is 20.9 Å². The van der Waals surface area contributed by atoms with Gasteiger partial charge in [-0.05, 0) is 36.4 Å². The van der Waals surface area contributed by atoms with Crippen LogP contribution in [0.1, 0.15) is 17.8 Å². The Balaban J connectivity index is 1.40. The number of ether oxygens (including phenoxy) is 1. The molecule has 0 bridgehead atoms. The number of thioether (sulfide) groups is 1. The topological polar surface area (TPSA) is 52.8 Å². The fourth-order valence-corrected chi connectivity index (χ4v) is 5.87. The highest BCUT2D eigenvalue weighted by Crippen LogP contribution is 2.32. The molecular formula is C19H18N4OS3. The minimum absolute atomic E-state index is 0.251. The lowest BCUT2D eigenvalue weighted by Crippen LogP contribution is -2.16. The number of hydrogen-bond donors (Lipinski definition) is 0. The number of aromatic nitrogens is 4. The van der Waals surface area contributed by atoms with Gasteiger partial charge < -0.3 is 4.74 Å². The van der Waals surface area contributed by atoms with E-state index in [-0.39, 0.29) is 6.10 Å². The maximum Gasteiger partial charge on any atom is 0.192 e. The van der Waals surface area contributed by atoms with Gasteiger partial charge in [0.15, 0.2) is 11.0 Å². The maximum atomic E-state index is 5.86. The average Bonchev–Trinajstić information content (AvgIpc) is 3.47. The normalized spacial score (nSPS) is 17.1. The van der Waals surface area contributed by atoms with Crippen LogP contribution >= 0.6 is 34.4 Å². The first-order valence-electron chi connectivity index (χ1n) is 8.93. The van der Waals surface area contributed by atoms with E-state index in [1.165, 1.54) is 4.70 Å². The molecular weight excluding hydrogens is 396 g/mol. The molecule has 1 fully saturated rings. The van der Waals surface area contributed by atoms with Crippen molar-refractivity contribution in [1.29, 1.82) is 0 Å². The van der Waals surface area contributed by atoms with Crippen LogP contribution in [0.5, 0.6) is 0 Å². The largest absolute Gasteiger partial charge is 0.376 e. The van der Waals surface area contributed by atoms with E-state index in [1.807, 2.05) is 6.07 Å². The summed E-state index contributed by atoms with van der Waals surface area (Å²) < 4.78 is 9.32. The minimum atomic E-state index is 0.251. The molecule has 1 aliphatic rings. The van der Waals surface area contributed by atoms with Gasteiger partial charge in [0.05, 0.1) is 33.5 Å². The number of para-hydroxylation sites is 1. The molecule has 4 aromatic rings. The van der Waals surface area contributed by atoms with Gasteiger partial charge in [0, 0.05) is 6.61 Å². The van der Waals surface area contributed by atoms with Crippen LogP contribution in [0.4, 0.5) is 0 Å². The second kappa shape index (κ2) is 7.71. The summed E-state index contributed by atoms with van der Waals surface area (Å²) in [5, 5.41) is 13.1. The standard InChI is InChI=1S/C19H18N4OS3/c1-2-7-15-14(6-1)20-17(27-15)12-26-19-22-21-18(16-8-4-10-25-16)23(19)11-13-5-3-9-24-13/h1-2,4,6-8,10,13H,3,5,9,11-12H2. The highest BCUT2D eigenvalue weighted by molar-refractivity contribution is 7.98. The maximum absolute atomic E-state index is 5.86. The summed E-state index contributed by atoms with van der Waals surface area (Å²) in [5.74, 6) is 1.74. The quantitative estimate of drug-likeness (QED) is 0.412. The Morgan fingerprint density at radius 1 is 1.19 bits per heavy atom. The van der Waals surface area contributed by atoms with Crippen LogP contribution in [-0.4, -0.2) is 32.5 Å². The number of nitrogens with zero attached hydrogens (tertiary/aromatic N) is 4. The fraction of sp³-hybridized carbons (Fsp3) is 0.316. The summed E-state index contributed by atoms with van der Waals surface area (Å²) in [6, 6.07) is 12.4. The van der Waals surface area contributed by atoms with Gasteiger partial charge in [0.2, 0.25) is 0 Å². The predicted molar refractivity (Wildman–Crippen MR) is 111 cm³/mol. The minimum Gasteiger partial charge on any atom is -0.376 e. The third kappa shape index (κ3) is 3.67. The smallest absolute Gasteiger partial charge is 0.192 e. The molecule has 5 rings (SSSR count). The molecule has 1 aliphatic heterocycles.